The topological polar surface area (TPSA) is 91.1 Å². The van der Waals surface area contributed by atoms with Crippen LogP contribution in [0.3, 0.4) is 0 Å². The van der Waals surface area contributed by atoms with Gasteiger partial charge in [0.1, 0.15) is 5.69 Å². The molecule has 0 saturated carbocycles. The minimum absolute atomic E-state index is 0.0249. The number of aromatic amines is 1. The molecule has 1 aliphatic rings. The predicted octanol–water partition coefficient (Wildman–Crippen LogP) is 1.11. The summed E-state index contributed by atoms with van der Waals surface area (Å²) in [5.74, 6) is 0.664. The summed E-state index contributed by atoms with van der Waals surface area (Å²) in [6, 6.07) is 1.66. The summed E-state index contributed by atoms with van der Waals surface area (Å²) in [4.78, 5) is 27.6. The number of H-pyrrole nitrogens is 1. The van der Waals surface area contributed by atoms with Gasteiger partial charge in [0.15, 0.2) is 0 Å². The molecule has 0 aliphatic carbocycles. The number of nitrogens with one attached hydrogen (secondary N) is 1. The third-order valence-electron chi connectivity index (χ3n) is 3.39. The maximum Gasteiger partial charge on any atom is 0.270 e. The van der Waals surface area contributed by atoms with Crippen LogP contribution < -0.4 is 10.6 Å². The number of rotatable bonds is 2. The van der Waals surface area contributed by atoms with Crippen molar-refractivity contribution in [3.8, 4) is 0 Å². The molecule has 0 aromatic carbocycles. The largest absolute Gasteiger partial charge is 0.397 e. The van der Waals surface area contributed by atoms with Crippen LogP contribution in [0.4, 0.5) is 11.6 Å². The summed E-state index contributed by atoms with van der Waals surface area (Å²) in [5, 5.41) is 0. The Kier molecular flexibility index (Phi) is 3.78. The summed E-state index contributed by atoms with van der Waals surface area (Å²) in [6.45, 7) is 2.70. The van der Waals surface area contributed by atoms with Crippen molar-refractivity contribution in [2.75, 3.05) is 36.8 Å². The van der Waals surface area contributed by atoms with E-state index in [1.54, 1.807) is 29.6 Å². The highest BCUT2D eigenvalue weighted by atomic mass is 79.9. The van der Waals surface area contributed by atoms with Gasteiger partial charge in [-0.25, -0.2) is 9.97 Å². The molecule has 3 heterocycles. The van der Waals surface area contributed by atoms with Crippen LogP contribution >= 0.6 is 15.9 Å². The fourth-order valence-electron chi connectivity index (χ4n) is 2.28. The normalized spacial score (nSPS) is 15.3. The van der Waals surface area contributed by atoms with Crippen LogP contribution in [0.25, 0.3) is 0 Å². The van der Waals surface area contributed by atoms with Gasteiger partial charge in [0.05, 0.1) is 4.47 Å². The van der Waals surface area contributed by atoms with Crippen molar-refractivity contribution in [1.29, 1.82) is 0 Å². The molecular formula is C13H15BrN6O. The molecule has 3 rings (SSSR count). The summed E-state index contributed by atoms with van der Waals surface area (Å²) in [7, 11) is 0. The Morgan fingerprint density at radius 3 is 2.48 bits per heavy atom. The van der Waals surface area contributed by atoms with Crippen molar-refractivity contribution < 1.29 is 4.79 Å². The van der Waals surface area contributed by atoms with Crippen molar-refractivity contribution >= 4 is 33.5 Å². The second-order valence-electron chi connectivity index (χ2n) is 4.83. The van der Waals surface area contributed by atoms with Crippen molar-refractivity contribution in [2.45, 2.75) is 0 Å². The molecule has 8 heteroatoms. The quantitative estimate of drug-likeness (QED) is 0.846. The van der Waals surface area contributed by atoms with Crippen molar-refractivity contribution in [2.24, 2.45) is 0 Å². The molecule has 0 radical (unpaired) electrons. The summed E-state index contributed by atoms with van der Waals surface area (Å²) >= 11 is 3.32. The number of amides is 1. The van der Waals surface area contributed by atoms with Crippen molar-refractivity contribution in [3.63, 3.8) is 0 Å². The second kappa shape index (κ2) is 5.72. The van der Waals surface area contributed by atoms with Gasteiger partial charge in [-0.2, -0.15) is 0 Å². The van der Waals surface area contributed by atoms with E-state index in [1.165, 1.54) is 0 Å². The van der Waals surface area contributed by atoms with Gasteiger partial charge < -0.3 is 20.5 Å². The molecule has 7 nitrogen and oxygen atoms in total. The van der Waals surface area contributed by atoms with Crippen molar-refractivity contribution in [3.05, 3.63) is 34.8 Å². The molecule has 3 N–H and O–H groups in total. The van der Waals surface area contributed by atoms with E-state index in [0.717, 1.165) is 4.47 Å². The molecule has 1 aliphatic heterocycles. The molecule has 1 amide bonds. The summed E-state index contributed by atoms with van der Waals surface area (Å²) < 4.78 is 0.851. The average molecular weight is 351 g/mol. The first kappa shape index (κ1) is 13.9. The Morgan fingerprint density at radius 1 is 1.24 bits per heavy atom. The highest BCUT2D eigenvalue weighted by molar-refractivity contribution is 9.10. The smallest absolute Gasteiger partial charge is 0.270 e. The van der Waals surface area contributed by atoms with Crippen LogP contribution in [-0.4, -0.2) is 51.9 Å². The van der Waals surface area contributed by atoms with E-state index in [2.05, 4.69) is 35.8 Å². The average Bonchev–Trinajstić information content (AvgIpc) is 2.94. The van der Waals surface area contributed by atoms with Crippen LogP contribution in [-0.2, 0) is 0 Å². The Bertz CT molecular complexity index is 632. The van der Waals surface area contributed by atoms with E-state index >= 15 is 0 Å². The second-order valence-corrected chi connectivity index (χ2v) is 5.74. The van der Waals surface area contributed by atoms with Gasteiger partial charge in [0.2, 0.25) is 5.95 Å². The molecule has 110 valence electrons. The van der Waals surface area contributed by atoms with E-state index in [4.69, 9.17) is 5.73 Å². The fourth-order valence-corrected chi connectivity index (χ4v) is 2.49. The zero-order valence-electron chi connectivity index (χ0n) is 11.3. The number of halogens is 1. The first-order valence-electron chi connectivity index (χ1n) is 6.59. The number of nitrogens with zero attached hydrogens (tertiary/aromatic N) is 4. The van der Waals surface area contributed by atoms with Gasteiger partial charge in [-0.1, -0.05) is 0 Å². The number of hydrogen-bond donors (Lipinski definition) is 2. The molecule has 0 spiro atoms. The highest BCUT2D eigenvalue weighted by Gasteiger charge is 2.24. The van der Waals surface area contributed by atoms with Gasteiger partial charge in [0, 0.05) is 50.5 Å². The SMILES string of the molecule is Nc1c[nH]c(C(=O)N2CCN(c3ncc(Br)cn3)CC2)c1. The van der Waals surface area contributed by atoms with Crippen LogP contribution in [0.15, 0.2) is 29.1 Å². The third-order valence-corrected chi connectivity index (χ3v) is 3.80. The molecular weight excluding hydrogens is 336 g/mol. The lowest BCUT2D eigenvalue weighted by molar-refractivity contribution is 0.0741. The number of hydrogen-bond acceptors (Lipinski definition) is 5. The number of piperazine rings is 1. The third kappa shape index (κ3) is 2.99. The van der Waals surface area contributed by atoms with E-state index in [-0.39, 0.29) is 5.91 Å². The first-order chi connectivity index (χ1) is 10.1. The monoisotopic (exact) mass is 350 g/mol. The Hall–Kier alpha value is -2.09. The number of aromatic nitrogens is 3. The van der Waals surface area contributed by atoms with Gasteiger partial charge >= 0.3 is 0 Å². The number of nitrogen functional groups attached to an aromatic ring is 1. The lowest BCUT2D eigenvalue weighted by Gasteiger charge is -2.34. The molecule has 1 fully saturated rings. The van der Waals surface area contributed by atoms with Crippen LogP contribution in [0.5, 0.6) is 0 Å². The van der Waals surface area contributed by atoms with E-state index in [9.17, 15) is 4.79 Å². The number of anilines is 2. The number of carbonyl (C=O) groups is 1. The van der Waals surface area contributed by atoms with Crippen LogP contribution in [0.2, 0.25) is 0 Å². The van der Waals surface area contributed by atoms with E-state index < -0.39 is 0 Å². The zero-order chi connectivity index (χ0) is 14.8. The summed E-state index contributed by atoms with van der Waals surface area (Å²) in [6.07, 6.45) is 5.07. The minimum atomic E-state index is -0.0249. The predicted molar refractivity (Wildman–Crippen MR) is 83.1 cm³/mol. The molecule has 2 aromatic rings. The molecule has 0 unspecified atom stereocenters. The maximum atomic E-state index is 12.3. The Labute approximate surface area is 130 Å². The Balaban J connectivity index is 1.62. The molecule has 1 saturated heterocycles. The zero-order valence-corrected chi connectivity index (χ0v) is 12.9. The molecule has 0 atom stereocenters. The van der Waals surface area contributed by atoms with Crippen molar-refractivity contribution in [1.82, 2.24) is 19.9 Å². The molecule has 2 aromatic heterocycles. The maximum absolute atomic E-state index is 12.3. The highest BCUT2D eigenvalue weighted by Crippen LogP contribution is 2.15. The van der Waals surface area contributed by atoms with Crippen LogP contribution in [0.1, 0.15) is 10.5 Å². The molecule has 0 bridgehead atoms. The lowest BCUT2D eigenvalue weighted by Crippen LogP contribution is -2.49. The minimum Gasteiger partial charge on any atom is -0.397 e. The molecule has 21 heavy (non-hydrogen) atoms. The van der Waals surface area contributed by atoms with Gasteiger partial charge in [-0.15, -0.1) is 0 Å². The van der Waals surface area contributed by atoms with Crippen LogP contribution in [0, 0.1) is 0 Å². The standard InChI is InChI=1S/C13H15BrN6O/c14-9-6-17-13(18-7-9)20-3-1-19(2-4-20)12(21)11-5-10(15)8-16-11/h5-8,16H,1-4,15H2. The number of carbonyl (C=O) groups excluding carboxylic acids is 1. The fraction of sp³-hybridized carbons (Fsp3) is 0.308. The number of nitrogens with two attached hydrogens (primary N) is 1. The van der Waals surface area contributed by atoms with Gasteiger partial charge in [0.25, 0.3) is 5.91 Å². The Morgan fingerprint density at radius 2 is 1.90 bits per heavy atom. The first-order valence-corrected chi connectivity index (χ1v) is 7.38. The summed E-state index contributed by atoms with van der Waals surface area (Å²) in [5.41, 5.74) is 6.72. The van der Waals surface area contributed by atoms with E-state index in [0.29, 0.717) is 43.5 Å². The van der Waals surface area contributed by atoms with E-state index in [1.807, 2.05) is 0 Å². The lowest BCUT2D eigenvalue weighted by atomic mass is 10.3. The van der Waals surface area contributed by atoms with Gasteiger partial charge in [-0.05, 0) is 22.0 Å². The van der Waals surface area contributed by atoms with Gasteiger partial charge in [-0.3, -0.25) is 4.79 Å².